The molecule has 1 aromatic carbocycles. The normalized spacial score (nSPS) is 11.8. The predicted octanol–water partition coefficient (Wildman–Crippen LogP) is 0.528. The third kappa shape index (κ3) is 4.35. The van der Waals surface area contributed by atoms with Crippen LogP contribution in [0.4, 0.5) is 0 Å². The number of carbonyl (C=O) groups excluding carboxylic acids is 2. The third-order valence-corrected chi connectivity index (χ3v) is 3.35. The van der Waals surface area contributed by atoms with Crippen LogP contribution in [0, 0.1) is 5.92 Å². The molecule has 0 spiro atoms. The highest BCUT2D eigenvalue weighted by molar-refractivity contribution is 5.81. The summed E-state index contributed by atoms with van der Waals surface area (Å²) < 4.78 is 0. The van der Waals surface area contributed by atoms with Gasteiger partial charge in [0, 0.05) is 27.2 Å². The molecule has 0 aliphatic heterocycles. The van der Waals surface area contributed by atoms with Gasteiger partial charge < -0.3 is 16.0 Å². The molecule has 3 N–H and O–H groups in total. The van der Waals surface area contributed by atoms with E-state index in [2.05, 4.69) is 5.32 Å². The van der Waals surface area contributed by atoms with E-state index < -0.39 is 0 Å². The lowest BCUT2D eigenvalue weighted by Gasteiger charge is -2.21. The molecule has 0 bridgehead atoms. The highest BCUT2D eigenvalue weighted by Gasteiger charge is 2.18. The first kappa shape index (κ1) is 16.2. The molecule has 0 aliphatic carbocycles. The number of nitrogens with zero attached hydrogens (tertiary/aromatic N) is 1. The molecule has 0 aromatic heterocycles. The largest absolute Gasteiger partial charge is 0.359 e. The zero-order valence-corrected chi connectivity index (χ0v) is 12.3. The van der Waals surface area contributed by atoms with Crippen molar-refractivity contribution in [3.05, 3.63) is 35.4 Å². The highest BCUT2D eigenvalue weighted by Crippen LogP contribution is 2.10. The Morgan fingerprint density at radius 3 is 2.45 bits per heavy atom. The van der Waals surface area contributed by atoms with Gasteiger partial charge in [0.1, 0.15) is 0 Å². The van der Waals surface area contributed by atoms with Gasteiger partial charge in [-0.1, -0.05) is 31.2 Å². The van der Waals surface area contributed by atoms with Crippen LogP contribution in [0.3, 0.4) is 0 Å². The van der Waals surface area contributed by atoms with Gasteiger partial charge in [0.15, 0.2) is 0 Å². The van der Waals surface area contributed by atoms with Gasteiger partial charge in [-0.2, -0.15) is 0 Å². The minimum atomic E-state index is -0.223. The number of hydrogen-bond donors (Lipinski definition) is 2. The number of carbonyl (C=O) groups is 2. The topological polar surface area (TPSA) is 75.4 Å². The second-order valence-corrected chi connectivity index (χ2v) is 4.94. The number of nitrogens with two attached hydrogens (primary N) is 1. The van der Waals surface area contributed by atoms with Crippen molar-refractivity contribution in [1.82, 2.24) is 10.2 Å². The lowest BCUT2D eigenvalue weighted by molar-refractivity contribution is -0.131. The molecule has 1 aromatic rings. The van der Waals surface area contributed by atoms with Gasteiger partial charge in [-0.3, -0.25) is 9.59 Å². The molecule has 20 heavy (non-hydrogen) atoms. The van der Waals surface area contributed by atoms with Gasteiger partial charge in [0.25, 0.3) is 0 Å². The van der Waals surface area contributed by atoms with Crippen LogP contribution in [-0.4, -0.2) is 37.4 Å². The van der Waals surface area contributed by atoms with E-state index in [1.165, 1.54) is 0 Å². The molecule has 0 fully saturated rings. The zero-order valence-electron chi connectivity index (χ0n) is 12.3. The van der Waals surface area contributed by atoms with Gasteiger partial charge in [-0.25, -0.2) is 0 Å². The van der Waals surface area contributed by atoms with Gasteiger partial charge >= 0.3 is 0 Å². The first-order valence-corrected chi connectivity index (χ1v) is 6.72. The molecule has 1 unspecified atom stereocenters. The smallest absolute Gasteiger partial charge is 0.226 e. The molecule has 1 atom stereocenters. The number of amides is 2. The molecule has 2 amide bonds. The quantitative estimate of drug-likeness (QED) is 0.796. The molecule has 0 radical (unpaired) electrons. The molecule has 5 heteroatoms. The molecule has 0 saturated heterocycles. The lowest BCUT2D eigenvalue weighted by atomic mass is 10.0. The number of hydrogen-bond acceptors (Lipinski definition) is 3. The summed E-state index contributed by atoms with van der Waals surface area (Å²) in [7, 11) is 3.31. The lowest BCUT2D eigenvalue weighted by Crippen LogP contribution is -2.38. The average Bonchev–Trinajstić information content (AvgIpc) is 2.46. The number of rotatable bonds is 6. The van der Waals surface area contributed by atoms with Crippen LogP contribution in [0.25, 0.3) is 0 Å². The summed E-state index contributed by atoms with van der Waals surface area (Å²) in [6.45, 7) is 2.63. The van der Waals surface area contributed by atoms with Gasteiger partial charge in [0.05, 0.1) is 12.3 Å². The summed E-state index contributed by atoms with van der Waals surface area (Å²) in [4.78, 5) is 25.2. The molecule has 5 nitrogen and oxygen atoms in total. The van der Waals surface area contributed by atoms with E-state index in [1.54, 1.807) is 25.9 Å². The maximum Gasteiger partial charge on any atom is 0.226 e. The minimum Gasteiger partial charge on any atom is -0.359 e. The van der Waals surface area contributed by atoms with Crippen LogP contribution in [0.5, 0.6) is 0 Å². The second-order valence-electron chi connectivity index (χ2n) is 4.94. The van der Waals surface area contributed by atoms with E-state index >= 15 is 0 Å². The van der Waals surface area contributed by atoms with E-state index in [-0.39, 0.29) is 17.7 Å². The van der Waals surface area contributed by atoms with E-state index in [1.807, 2.05) is 24.3 Å². The Morgan fingerprint density at radius 1 is 1.30 bits per heavy atom. The molecule has 110 valence electrons. The fourth-order valence-corrected chi connectivity index (χ4v) is 2.07. The fourth-order valence-electron chi connectivity index (χ4n) is 2.07. The van der Waals surface area contributed by atoms with Crippen molar-refractivity contribution in [2.45, 2.75) is 19.9 Å². The van der Waals surface area contributed by atoms with E-state index in [9.17, 15) is 9.59 Å². The molecular formula is C15H23N3O2. The maximum atomic E-state index is 12.2. The monoisotopic (exact) mass is 277 g/mol. The SMILES string of the molecule is CNC(=O)C(C)CN(C)C(=O)Cc1ccccc1CN. The summed E-state index contributed by atoms with van der Waals surface area (Å²) in [5, 5.41) is 2.58. The van der Waals surface area contributed by atoms with Crippen LogP contribution >= 0.6 is 0 Å². The van der Waals surface area contributed by atoms with Gasteiger partial charge in [-0.15, -0.1) is 0 Å². The van der Waals surface area contributed by atoms with Crippen LogP contribution in [-0.2, 0) is 22.6 Å². The van der Waals surface area contributed by atoms with Crippen molar-refractivity contribution in [2.24, 2.45) is 11.7 Å². The van der Waals surface area contributed by atoms with Crippen molar-refractivity contribution in [3.63, 3.8) is 0 Å². The van der Waals surface area contributed by atoms with Crippen molar-refractivity contribution in [2.75, 3.05) is 20.6 Å². The summed E-state index contributed by atoms with van der Waals surface area (Å²) >= 11 is 0. The van der Waals surface area contributed by atoms with Crippen molar-refractivity contribution < 1.29 is 9.59 Å². The third-order valence-electron chi connectivity index (χ3n) is 3.35. The van der Waals surface area contributed by atoms with Crippen molar-refractivity contribution in [3.8, 4) is 0 Å². The first-order chi connectivity index (χ1) is 9.49. The van der Waals surface area contributed by atoms with E-state index in [0.717, 1.165) is 11.1 Å². The molecule has 0 saturated carbocycles. The van der Waals surface area contributed by atoms with Gasteiger partial charge in [-0.05, 0) is 11.1 Å². The Morgan fingerprint density at radius 2 is 1.90 bits per heavy atom. The summed E-state index contributed by atoms with van der Waals surface area (Å²) in [6.07, 6.45) is 0.310. The Labute approximate surface area is 120 Å². The Balaban J connectivity index is 2.64. The van der Waals surface area contributed by atoms with Crippen molar-refractivity contribution in [1.29, 1.82) is 0 Å². The summed E-state index contributed by atoms with van der Waals surface area (Å²) in [5.41, 5.74) is 7.59. The summed E-state index contributed by atoms with van der Waals surface area (Å²) in [5.74, 6) is -0.299. The van der Waals surface area contributed by atoms with Crippen molar-refractivity contribution >= 4 is 11.8 Å². The zero-order chi connectivity index (χ0) is 15.1. The molecule has 0 heterocycles. The minimum absolute atomic E-state index is 0.0124. The van der Waals surface area contributed by atoms with Crippen LogP contribution in [0.1, 0.15) is 18.1 Å². The van der Waals surface area contributed by atoms with Gasteiger partial charge in [0.2, 0.25) is 11.8 Å². The fraction of sp³-hybridized carbons (Fsp3) is 0.467. The number of nitrogens with one attached hydrogen (secondary N) is 1. The number of likely N-dealkylation sites (N-methyl/N-ethyl adjacent to an activating group) is 1. The molecule has 0 aliphatic rings. The Kier molecular flexibility index (Phi) is 6.18. The molecular weight excluding hydrogens is 254 g/mol. The second kappa shape index (κ2) is 7.65. The Hall–Kier alpha value is -1.88. The summed E-state index contributed by atoms with van der Waals surface area (Å²) in [6, 6.07) is 7.65. The van der Waals surface area contributed by atoms with Crippen LogP contribution in [0.2, 0.25) is 0 Å². The Bertz CT molecular complexity index is 474. The van der Waals surface area contributed by atoms with Crippen LogP contribution in [0.15, 0.2) is 24.3 Å². The van der Waals surface area contributed by atoms with E-state index in [0.29, 0.717) is 19.5 Å². The number of benzene rings is 1. The van der Waals surface area contributed by atoms with E-state index in [4.69, 9.17) is 5.73 Å². The first-order valence-electron chi connectivity index (χ1n) is 6.72. The highest BCUT2D eigenvalue weighted by atomic mass is 16.2. The standard InChI is InChI=1S/C15H23N3O2/c1-11(15(20)17-2)10-18(3)14(19)8-12-6-4-5-7-13(12)9-16/h4-7,11H,8-10,16H2,1-3H3,(H,17,20). The molecule has 1 rings (SSSR count). The maximum absolute atomic E-state index is 12.2. The average molecular weight is 277 g/mol. The van der Waals surface area contributed by atoms with Crippen LogP contribution < -0.4 is 11.1 Å². The predicted molar refractivity (Wildman–Crippen MR) is 78.9 cm³/mol.